The van der Waals surface area contributed by atoms with Crippen LogP contribution in [0.3, 0.4) is 0 Å². The minimum Gasteiger partial charge on any atom is -0.284 e. The minimum atomic E-state index is 0.106. The van der Waals surface area contributed by atoms with Crippen molar-refractivity contribution in [1.82, 2.24) is 9.55 Å². The van der Waals surface area contributed by atoms with Crippen molar-refractivity contribution >= 4 is 40.2 Å². The van der Waals surface area contributed by atoms with Gasteiger partial charge in [-0.3, -0.25) is 9.36 Å². The lowest BCUT2D eigenvalue weighted by atomic mass is 9.95. The van der Waals surface area contributed by atoms with Crippen LogP contribution in [0.2, 0.25) is 5.02 Å². The molecule has 0 N–H and O–H groups in total. The maximum Gasteiger partial charge on any atom is 0.232 e. The molecule has 0 saturated carbocycles. The van der Waals surface area contributed by atoms with Gasteiger partial charge >= 0.3 is 0 Å². The lowest BCUT2D eigenvalue weighted by Crippen LogP contribution is -2.16. The molecule has 0 atom stereocenters. The second-order valence-corrected chi connectivity index (χ2v) is 9.67. The number of pyridine rings is 1. The van der Waals surface area contributed by atoms with Gasteiger partial charge in [0.15, 0.2) is 0 Å². The third-order valence-corrected chi connectivity index (χ3v) is 7.35. The van der Waals surface area contributed by atoms with Crippen LogP contribution in [0, 0.1) is 11.3 Å². The van der Waals surface area contributed by atoms with E-state index in [2.05, 4.69) is 12.1 Å². The highest BCUT2D eigenvalue weighted by molar-refractivity contribution is 7.99. The molecule has 0 aliphatic heterocycles. The maximum atomic E-state index is 13.3. The first-order valence-corrected chi connectivity index (χ1v) is 12.5. The van der Waals surface area contributed by atoms with Crippen molar-refractivity contribution < 1.29 is 4.79 Å². The molecule has 4 aromatic rings. The number of nitriles is 1. The number of carbonyl (C=O) groups is 1. The van der Waals surface area contributed by atoms with Crippen LogP contribution >= 0.6 is 23.4 Å². The number of hydrogen-bond acceptors (Lipinski definition) is 4. The van der Waals surface area contributed by atoms with E-state index in [1.807, 2.05) is 53.1 Å². The van der Waals surface area contributed by atoms with Crippen molar-refractivity contribution in [2.24, 2.45) is 0 Å². The third kappa shape index (κ3) is 4.29. The minimum absolute atomic E-state index is 0.106. The number of thioether (sulfide) groups is 1. The summed E-state index contributed by atoms with van der Waals surface area (Å²) in [7, 11) is 0. The smallest absolute Gasteiger partial charge is 0.232 e. The average molecular weight is 472 g/mol. The average Bonchev–Trinajstić information content (AvgIpc) is 3.19. The second kappa shape index (κ2) is 9.43. The molecule has 0 unspecified atom stereocenters. The predicted molar refractivity (Wildman–Crippen MR) is 134 cm³/mol. The molecule has 1 aliphatic carbocycles. The molecule has 33 heavy (non-hydrogen) atoms. The molecule has 0 spiro atoms. The summed E-state index contributed by atoms with van der Waals surface area (Å²) < 4.78 is 1.94. The zero-order chi connectivity index (χ0) is 22.8. The van der Waals surface area contributed by atoms with Gasteiger partial charge in [-0.05, 0) is 61.6 Å². The maximum absolute atomic E-state index is 13.3. The van der Waals surface area contributed by atoms with E-state index in [1.165, 1.54) is 34.8 Å². The molecule has 6 heteroatoms. The molecule has 2 heterocycles. The van der Waals surface area contributed by atoms with Crippen LogP contribution in [0.15, 0.2) is 65.7 Å². The number of halogens is 1. The third-order valence-electron chi connectivity index (χ3n) is 6.10. The summed E-state index contributed by atoms with van der Waals surface area (Å²) in [5, 5.41) is 12.1. The van der Waals surface area contributed by atoms with Crippen molar-refractivity contribution in [2.45, 2.75) is 37.1 Å². The van der Waals surface area contributed by atoms with E-state index in [-0.39, 0.29) is 5.91 Å². The lowest BCUT2D eigenvalue weighted by molar-refractivity contribution is 0.0912. The normalized spacial score (nSPS) is 13.0. The highest BCUT2D eigenvalue weighted by atomic mass is 35.5. The number of carbonyl (C=O) groups excluding carboxylic acids is 1. The first kappa shape index (κ1) is 21.8. The van der Waals surface area contributed by atoms with Gasteiger partial charge in [-0.15, -0.1) is 11.8 Å². The predicted octanol–water partition coefficient (Wildman–Crippen LogP) is 6.93. The first-order valence-electron chi connectivity index (χ1n) is 11.1. The topological polar surface area (TPSA) is 58.7 Å². The van der Waals surface area contributed by atoms with Crippen molar-refractivity contribution in [2.75, 3.05) is 5.75 Å². The van der Waals surface area contributed by atoms with E-state index >= 15 is 0 Å². The largest absolute Gasteiger partial charge is 0.284 e. The Bertz CT molecular complexity index is 1390. The Labute approximate surface area is 202 Å². The number of nitrogens with zero attached hydrogens (tertiary/aromatic N) is 3. The summed E-state index contributed by atoms with van der Waals surface area (Å²) in [6.07, 6.45) is 4.67. The van der Waals surface area contributed by atoms with E-state index in [9.17, 15) is 10.1 Å². The zero-order valence-electron chi connectivity index (χ0n) is 18.1. The van der Waals surface area contributed by atoms with Gasteiger partial charge in [0.2, 0.25) is 5.91 Å². The second-order valence-electron chi connectivity index (χ2n) is 8.15. The van der Waals surface area contributed by atoms with Crippen LogP contribution in [0.4, 0.5) is 0 Å². The van der Waals surface area contributed by atoms with E-state index in [0.717, 1.165) is 36.0 Å². The lowest BCUT2D eigenvalue weighted by Gasteiger charge is -2.15. The molecular weight excluding hydrogens is 450 g/mol. The van der Waals surface area contributed by atoms with Crippen LogP contribution < -0.4 is 0 Å². The Morgan fingerprint density at radius 2 is 1.85 bits per heavy atom. The summed E-state index contributed by atoms with van der Waals surface area (Å²) in [6, 6.07) is 21.5. The summed E-state index contributed by atoms with van der Waals surface area (Å²) in [4.78, 5) is 18.0. The van der Waals surface area contributed by atoms with Crippen molar-refractivity contribution in [3.63, 3.8) is 0 Å². The Morgan fingerprint density at radius 3 is 2.67 bits per heavy atom. The number of aromatic nitrogens is 2. The fourth-order valence-corrected chi connectivity index (χ4v) is 5.57. The van der Waals surface area contributed by atoms with Crippen LogP contribution in [0.1, 0.15) is 40.9 Å². The molecule has 164 valence electrons. The molecule has 4 nitrogen and oxygen atoms in total. The molecule has 2 aromatic heterocycles. The number of hydrogen-bond donors (Lipinski definition) is 0. The number of fused-ring (bicyclic) bond motifs is 3. The molecule has 0 amide bonds. The van der Waals surface area contributed by atoms with E-state index in [4.69, 9.17) is 16.6 Å². The highest BCUT2D eigenvalue weighted by Gasteiger charge is 2.23. The highest BCUT2D eigenvalue weighted by Crippen LogP contribution is 2.33. The SMILES string of the molecule is N#Cc1ccc(-c2ccc(Cl)cc2)nc1SCCC(=O)n1c2c(c3ccccc31)CCCC2. The van der Waals surface area contributed by atoms with Gasteiger partial charge in [0.25, 0.3) is 0 Å². The fourth-order valence-electron chi connectivity index (χ4n) is 4.54. The monoisotopic (exact) mass is 471 g/mol. The number of rotatable bonds is 5. The number of benzene rings is 2. The van der Waals surface area contributed by atoms with Crippen LogP contribution in [0.5, 0.6) is 0 Å². The molecule has 0 saturated heterocycles. The molecule has 1 aliphatic rings. The van der Waals surface area contributed by atoms with Gasteiger partial charge in [-0.2, -0.15) is 5.26 Å². The van der Waals surface area contributed by atoms with E-state index < -0.39 is 0 Å². The Balaban J connectivity index is 1.36. The van der Waals surface area contributed by atoms with Gasteiger partial charge in [-0.25, -0.2) is 4.98 Å². The van der Waals surface area contributed by atoms with Crippen molar-refractivity contribution in [1.29, 1.82) is 5.26 Å². The summed E-state index contributed by atoms with van der Waals surface area (Å²) in [5.74, 6) is 0.667. The van der Waals surface area contributed by atoms with Crippen molar-refractivity contribution in [3.8, 4) is 17.3 Å². The van der Waals surface area contributed by atoms with E-state index in [0.29, 0.717) is 27.8 Å². The fraction of sp³-hybridized carbons (Fsp3) is 0.222. The Kier molecular flexibility index (Phi) is 6.22. The summed E-state index contributed by atoms with van der Waals surface area (Å²) in [5.41, 5.74) is 5.77. The summed E-state index contributed by atoms with van der Waals surface area (Å²) >= 11 is 7.46. The molecule has 5 rings (SSSR count). The standard InChI is InChI=1S/C27H22ClN3OS/c28-20-12-9-18(10-13-20)23-14-11-19(17-29)27(30-23)33-16-15-26(32)31-24-7-3-1-5-21(24)22-6-2-4-8-25(22)31/h1,3,5,7,9-14H,2,4,6,8,15-16H2. The van der Waals surface area contributed by atoms with Crippen LogP contribution in [-0.4, -0.2) is 21.2 Å². The van der Waals surface area contributed by atoms with Gasteiger partial charge in [-0.1, -0.05) is 41.9 Å². The zero-order valence-corrected chi connectivity index (χ0v) is 19.6. The molecule has 0 bridgehead atoms. The quantitative estimate of drug-likeness (QED) is 0.296. The van der Waals surface area contributed by atoms with E-state index in [1.54, 1.807) is 6.07 Å². The number of para-hydroxylation sites is 1. The molecular formula is C27H22ClN3OS. The Hall–Kier alpha value is -3.07. The number of aryl methyl sites for hydroxylation is 1. The molecule has 0 fully saturated rings. The van der Waals surface area contributed by atoms with Gasteiger partial charge in [0.05, 0.1) is 16.8 Å². The molecule has 2 aromatic carbocycles. The first-order chi connectivity index (χ1) is 16.2. The van der Waals surface area contributed by atoms with Crippen LogP contribution in [-0.2, 0) is 12.8 Å². The van der Waals surface area contributed by atoms with Gasteiger partial charge < -0.3 is 0 Å². The Morgan fingerprint density at radius 1 is 1.06 bits per heavy atom. The van der Waals surface area contributed by atoms with Gasteiger partial charge in [0, 0.05) is 33.8 Å². The van der Waals surface area contributed by atoms with Gasteiger partial charge in [0.1, 0.15) is 11.1 Å². The molecule has 0 radical (unpaired) electrons. The van der Waals surface area contributed by atoms with Crippen LogP contribution in [0.25, 0.3) is 22.2 Å². The summed E-state index contributed by atoms with van der Waals surface area (Å²) in [6.45, 7) is 0. The van der Waals surface area contributed by atoms with Crippen molar-refractivity contribution in [3.05, 3.63) is 82.5 Å².